The van der Waals surface area contributed by atoms with Crippen LogP contribution in [0.1, 0.15) is 30.9 Å². The van der Waals surface area contributed by atoms with Crippen LogP contribution in [0.5, 0.6) is 0 Å². The molecule has 0 bridgehead atoms. The van der Waals surface area contributed by atoms with Crippen LogP contribution in [0.2, 0.25) is 0 Å². The highest BCUT2D eigenvalue weighted by Gasteiger charge is 2.24. The minimum Gasteiger partial charge on any atom is -0.310 e. The standard InChI is InChI=1S/C16H22N2O2S/c1-4-10-18(5-2)21(19,20)16-9-6-13(3)14(11-16)12-17-15-7-8-15/h1,6,9,11,15,17H,5,7-8,10,12H2,2-3H3. The number of benzene rings is 1. The van der Waals surface area contributed by atoms with Crippen molar-refractivity contribution in [3.63, 3.8) is 0 Å². The highest BCUT2D eigenvalue weighted by Crippen LogP contribution is 2.22. The first-order valence-corrected chi connectivity index (χ1v) is 8.69. The van der Waals surface area contributed by atoms with E-state index in [0.29, 0.717) is 24.0 Å². The van der Waals surface area contributed by atoms with Gasteiger partial charge < -0.3 is 5.32 Å². The molecule has 21 heavy (non-hydrogen) atoms. The topological polar surface area (TPSA) is 49.4 Å². The number of hydrogen-bond acceptors (Lipinski definition) is 3. The Kier molecular flexibility index (Phi) is 5.04. The van der Waals surface area contributed by atoms with E-state index in [0.717, 1.165) is 11.1 Å². The largest absolute Gasteiger partial charge is 0.310 e. The molecule has 114 valence electrons. The molecule has 1 aromatic rings. The molecule has 0 saturated heterocycles. The van der Waals surface area contributed by atoms with Crippen molar-refractivity contribution in [2.45, 2.75) is 44.2 Å². The maximum Gasteiger partial charge on any atom is 0.243 e. The molecule has 5 heteroatoms. The molecular formula is C16H22N2O2S. The third-order valence-corrected chi connectivity index (χ3v) is 5.65. The summed E-state index contributed by atoms with van der Waals surface area (Å²) in [5.41, 5.74) is 2.13. The first kappa shape index (κ1) is 16.0. The predicted octanol–water partition coefficient (Wildman–Crippen LogP) is 1.89. The second kappa shape index (κ2) is 6.61. The quantitative estimate of drug-likeness (QED) is 0.783. The van der Waals surface area contributed by atoms with Crippen molar-refractivity contribution in [3.8, 4) is 12.3 Å². The number of aryl methyl sites for hydroxylation is 1. The van der Waals surface area contributed by atoms with Crippen LogP contribution in [0.4, 0.5) is 0 Å². The lowest BCUT2D eigenvalue weighted by atomic mass is 10.1. The van der Waals surface area contributed by atoms with Crippen LogP contribution in [-0.2, 0) is 16.6 Å². The Morgan fingerprint density at radius 3 is 2.71 bits per heavy atom. The summed E-state index contributed by atoms with van der Waals surface area (Å²) >= 11 is 0. The summed E-state index contributed by atoms with van der Waals surface area (Å²) in [6.45, 7) is 4.97. The van der Waals surface area contributed by atoms with Gasteiger partial charge in [0.1, 0.15) is 0 Å². The summed E-state index contributed by atoms with van der Waals surface area (Å²) in [7, 11) is -3.51. The van der Waals surface area contributed by atoms with Gasteiger partial charge in [0, 0.05) is 19.1 Å². The van der Waals surface area contributed by atoms with E-state index in [4.69, 9.17) is 6.42 Å². The molecule has 1 N–H and O–H groups in total. The fraction of sp³-hybridized carbons (Fsp3) is 0.500. The summed E-state index contributed by atoms with van der Waals surface area (Å²) in [6.07, 6.45) is 7.68. The molecule has 0 aliphatic heterocycles. The van der Waals surface area contributed by atoms with E-state index in [1.165, 1.54) is 17.1 Å². The first-order chi connectivity index (χ1) is 9.98. The molecule has 2 rings (SSSR count). The van der Waals surface area contributed by atoms with Crippen LogP contribution in [0.25, 0.3) is 0 Å². The molecule has 0 aromatic heterocycles. The van der Waals surface area contributed by atoms with Crippen LogP contribution in [0.3, 0.4) is 0 Å². The van der Waals surface area contributed by atoms with E-state index in [1.54, 1.807) is 19.1 Å². The number of nitrogens with zero attached hydrogens (tertiary/aromatic N) is 1. The van der Waals surface area contributed by atoms with Crippen LogP contribution >= 0.6 is 0 Å². The maximum absolute atomic E-state index is 12.6. The predicted molar refractivity (Wildman–Crippen MR) is 84.3 cm³/mol. The summed E-state index contributed by atoms with van der Waals surface area (Å²) < 4.78 is 26.5. The summed E-state index contributed by atoms with van der Waals surface area (Å²) in [5.74, 6) is 2.40. The van der Waals surface area contributed by atoms with Crippen LogP contribution in [0.15, 0.2) is 23.1 Å². The van der Waals surface area contributed by atoms with Crippen molar-refractivity contribution >= 4 is 10.0 Å². The smallest absolute Gasteiger partial charge is 0.243 e. The van der Waals surface area contributed by atoms with Gasteiger partial charge in [0.05, 0.1) is 11.4 Å². The number of rotatable bonds is 7. The zero-order chi connectivity index (χ0) is 15.5. The molecule has 1 aliphatic rings. The van der Waals surface area contributed by atoms with Crippen molar-refractivity contribution in [1.29, 1.82) is 0 Å². The van der Waals surface area contributed by atoms with Crippen LogP contribution in [0, 0.1) is 19.3 Å². The molecule has 0 amide bonds. The molecular weight excluding hydrogens is 284 g/mol. The zero-order valence-corrected chi connectivity index (χ0v) is 13.4. The molecule has 0 heterocycles. The lowest BCUT2D eigenvalue weighted by Crippen LogP contribution is -2.31. The molecule has 4 nitrogen and oxygen atoms in total. The van der Waals surface area contributed by atoms with Crippen molar-refractivity contribution in [2.24, 2.45) is 0 Å². The Labute approximate surface area is 127 Å². The number of nitrogens with one attached hydrogen (secondary N) is 1. The summed E-state index contributed by atoms with van der Waals surface area (Å²) in [4.78, 5) is 0.317. The molecule has 1 fully saturated rings. The van der Waals surface area contributed by atoms with E-state index in [2.05, 4.69) is 11.2 Å². The normalized spacial score (nSPS) is 15.1. The number of sulfonamides is 1. The zero-order valence-electron chi connectivity index (χ0n) is 12.6. The van der Waals surface area contributed by atoms with Gasteiger partial charge in [0.25, 0.3) is 0 Å². The van der Waals surface area contributed by atoms with Gasteiger partial charge in [-0.1, -0.05) is 18.9 Å². The Hall–Kier alpha value is -1.35. The molecule has 1 aliphatic carbocycles. The third kappa shape index (κ3) is 3.85. The van der Waals surface area contributed by atoms with Crippen molar-refractivity contribution in [1.82, 2.24) is 9.62 Å². The average molecular weight is 306 g/mol. The lowest BCUT2D eigenvalue weighted by Gasteiger charge is -2.19. The minimum atomic E-state index is -3.51. The van der Waals surface area contributed by atoms with E-state index < -0.39 is 10.0 Å². The SMILES string of the molecule is C#CCN(CC)S(=O)(=O)c1ccc(C)c(CNC2CC2)c1. The average Bonchev–Trinajstić information content (AvgIpc) is 3.27. The second-order valence-corrected chi connectivity index (χ2v) is 7.32. The van der Waals surface area contributed by atoms with Gasteiger partial charge >= 0.3 is 0 Å². The van der Waals surface area contributed by atoms with Gasteiger partial charge in [-0.05, 0) is 43.0 Å². The monoisotopic (exact) mass is 306 g/mol. The number of terminal acetylenes is 1. The second-order valence-electron chi connectivity index (χ2n) is 5.38. The van der Waals surface area contributed by atoms with Crippen LogP contribution < -0.4 is 5.32 Å². The van der Waals surface area contributed by atoms with E-state index in [-0.39, 0.29) is 6.54 Å². The fourth-order valence-electron chi connectivity index (χ4n) is 2.16. The lowest BCUT2D eigenvalue weighted by molar-refractivity contribution is 0.464. The molecule has 0 atom stereocenters. The summed E-state index contributed by atoms with van der Waals surface area (Å²) in [6, 6.07) is 5.88. The Morgan fingerprint density at radius 1 is 1.43 bits per heavy atom. The highest BCUT2D eigenvalue weighted by atomic mass is 32.2. The molecule has 0 unspecified atom stereocenters. The van der Waals surface area contributed by atoms with Crippen molar-refractivity contribution < 1.29 is 8.42 Å². The molecule has 1 aromatic carbocycles. The third-order valence-electron chi connectivity index (χ3n) is 3.74. The Balaban J connectivity index is 2.25. The van der Waals surface area contributed by atoms with Gasteiger partial charge in [-0.15, -0.1) is 6.42 Å². The molecule has 0 spiro atoms. The van der Waals surface area contributed by atoms with Gasteiger partial charge in [0.2, 0.25) is 10.0 Å². The maximum atomic E-state index is 12.6. The van der Waals surface area contributed by atoms with Crippen molar-refractivity contribution in [2.75, 3.05) is 13.1 Å². The minimum absolute atomic E-state index is 0.0996. The Bertz CT molecular complexity index is 643. The van der Waals surface area contributed by atoms with E-state index in [1.807, 2.05) is 13.0 Å². The van der Waals surface area contributed by atoms with Gasteiger partial charge in [-0.25, -0.2) is 8.42 Å². The van der Waals surface area contributed by atoms with Gasteiger partial charge in [-0.3, -0.25) is 0 Å². The molecule has 0 radical (unpaired) electrons. The van der Waals surface area contributed by atoms with Gasteiger partial charge in [0.15, 0.2) is 0 Å². The molecule has 1 saturated carbocycles. The summed E-state index contributed by atoms with van der Waals surface area (Å²) in [5, 5.41) is 3.42. The van der Waals surface area contributed by atoms with E-state index >= 15 is 0 Å². The van der Waals surface area contributed by atoms with Crippen LogP contribution in [-0.4, -0.2) is 31.9 Å². The fourth-order valence-corrected chi connectivity index (χ4v) is 3.57. The number of hydrogen-bond donors (Lipinski definition) is 1. The highest BCUT2D eigenvalue weighted by molar-refractivity contribution is 7.89. The van der Waals surface area contributed by atoms with Gasteiger partial charge in [-0.2, -0.15) is 4.31 Å². The van der Waals surface area contributed by atoms with E-state index in [9.17, 15) is 8.42 Å². The van der Waals surface area contributed by atoms with Crippen molar-refractivity contribution in [3.05, 3.63) is 29.3 Å². The Morgan fingerprint density at radius 2 is 2.14 bits per heavy atom. The first-order valence-electron chi connectivity index (χ1n) is 7.25.